The lowest BCUT2D eigenvalue weighted by molar-refractivity contribution is -0.0209. The Morgan fingerprint density at radius 3 is 2.05 bits per heavy atom. The molecule has 5 fully saturated rings. The van der Waals surface area contributed by atoms with Crippen molar-refractivity contribution in [2.45, 2.75) is 70.9 Å². The van der Waals surface area contributed by atoms with Crippen LogP contribution in [0, 0.1) is 29.6 Å². The largest absolute Gasteiger partial charge is 0.311 e. The summed E-state index contributed by atoms with van der Waals surface area (Å²) >= 11 is 0. The number of hydrogen-bond donors (Lipinski definition) is 1. The summed E-state index contributed by atoms with van der Waals surface area (Å²) in [6.45, 7) is 8.68. The van der Waals surface area contributed by atoms with Crippen LogP contribution in [0.3, 0.4) is 0 Å². The van der Waals surface area contributed by atoms with Crippen molar-refractivity contribution < 1.29 is 0 Å². The van der Waals surface area contributed by atoms with E-state index in [9.17, 15) is 0 Å². The van der Waals surface area contributed by atoms with Crippen molar-refractivity contribution in [3.63, 3.8) is 0 Å². The third-order valence-electron chi connectivity index (χ3n) is 7.47. The molecule has 1 unspecified atom stereocenters. The highest BCUT2D eigenvalue weighted by Crippen LogP contribution is 2.53. The fourth-order valence-corrected chi connectivity index (χ4v) is 6.41. The molecule has 1 saturated heterocycles. The number of likely N-dealkylation sites (tertiary alicyclic amines) is 1. The van der Waals surface area contributed by atoms with Crippen LogP contribution in [0.2, 0.25) is 0 Å². The van der Waals surface area contributed by atoms with E-state index in [1.54, 1.807) is 32.1 Å². The van der Waals surface area contributed by atoms with Crippen molar-refractivity contribution >= 4 is 0 Å². The summed E-state index contributed by atoms with van der Waals surface area (Å²) in [6, 6.07) is 1.61. The van der Waals surface area contributed by atoms with Crippen molar-refractivity contribution in [3.05, 3.63) is 0 Å². The molecule has 1 aliphatic heterocycles. The van der Waals surface area contributed by atoms with Gasteiger partial charge >= 0.3 is 0 Å². The van der Waals surface area contributed by atoms with E-state index in [1.165, 1.54) is 32.5 Å². The molecule has 120 valence electrons. The maximum Gasteiger partial charge on any atom is 0.0127 e. The second kappa shape index (κ2) is 5.85. The summed E-state index contributed by atoms with van der Waals surface area (Å²) in [7, 11) is 0. The molecule has 0 amide bonds. The van der Waals surface area contributed by atoms with Crippen LogP contribution in [0.5, 0.6) is 0 Å². The molecule has 0 aromatic carbocycles. The summed E-state index contributed by atoms with van der Waals surface area (Å²) in [6.07, 6.45) is 10.6. The molecule has 1 N–H and O–H groups in total. The van der Waals surface area contributed by atoms with E-state index in [4.69, 9.17) is 0 Å². The zero-order valence-corrected chi connectivity index (χ0v) is 14.1. The van der Waals surface area contributed by atoms with E-state index < -0.39 is 0 Å². The van der Waals surface area contributed by atoms with Gasteiger partial charge in [-0.1, -0.05) is 6.92 Å². The molecule has 21 heavy (non-hydrogen) atoms. The van der Waals surface area contributed by atoms with Gasteiger partial charge in [0.25, 0.3) is 0 Å². The predicted molar refractivity (Wildman–Crippen MR) is 88.3 cm³/mol. The van der Waals surface area contributed by atoms with Gasteiger partial charge < -0.3 is 10.2 Å². The summed E-state index contributed by atoms with van der Waals surface area (Å²) in [5, 5.41) is 4.15. The van der Waals surface area contributed by atoms with Crippen LogP contribution < -0.4 is 5.32 Å². The molecule has 0 spiro atoms. The van der Waals surface area contributed by atoms with Crippen molar-refractivity contribution in [3.8, 4) is 0 Å². The Morgan fingerprint density at radius 1 is 0.952 bits per heavy atom. The summed E-state index contributed by atoms with van der Waals surface area (Å²) < 4.78 is 0. The van der Waals surface area contributed by atoms with Crippen LogP contribution in [0.25, 0.3) is 0 Å². The highest BCUT2D eigenvalue weighted by atomic mass is 15.1. The van der Waals surface area contributed by atoms with Crippen LogP contribution >= 0.6 is 0 Å². The van der Waals surface area contributed by atoms with Gasteiger partial charge in [-0.3, -0.25) is 0 Å². The van der Waals surface area contributed by atoms with E-state index in [0.717, 1.165) is 41.7 Å². The minimum absolute atomic E-state index is 0.742. The van der Waals surface area contributed by atoms with Gasteiger partial charge in [0.15, 0.2) is 0 Å². The van der Waals surface area contributed by atoms with Gasteiger partial charge in [0.2, 0.25) is 0 Å². The third kappa shape index (κ3) is 2.79. The Balaban J connectivity index is 1.33. The first-order valence-electron chi connectivity index (χ1n) is 9.71. The van der Waals surface area contributed by atoms with Gasteiger partial charge in [-0.25, -0.2) is 0 Å². The number of nitrogens with one attached hydrogen (secondary N) is 1. The first kappa shape index (κ1) is 14.5. The number of nitrogens with zero attached hydrogens (tertiary/aromatic N) is 1. The molecule has 0 aromatic heterocycles. The lowest BCUT2D eigenvalue weighted by Gasteiger charge is -2.55. The molecular weight excluding hydrogens is 256 g/mol. The van der Waals surface area contributed by atoms with Gasteiger partial charge in [0.1, 0.15) is 0 Å². The zero-order valence-electron chi connectivity index (χ0n) is 14.1. The van der Waals surface area contributed by atoms with Gasteiger partial charge in [-0.05, 0) is 101 Å². The minimum atomic E-state index is 0.742. The van der Waals surface area contributed by atoms with Crippen LogP contribution in [-0.2, 0) is 0 Å². The van der Waals surface area contributed by atoms with Crippen LogP contribution in [0.15, 0.2) is 0 Å². The highest BCUT2D eigenvalue weighted by Gasteiger charge is 2.48. The number of hydrogen-bond acceptors (Lipinski definition) is 2. The SMILES string of the molecule is CCN1CCC(C(C)NC2C3CC4CC(C3)CC2C4)CC1. The van der Waals surface area contributed by atoms with E-state index in [0.29, 0.717) is 0 Å². The minimum Gasteiger partial charge on any atom is -0.311 e. The maximum atomic E-state index is 4.15. The standard InChI is InChI=1S/C19H34N2/c1-3-21-6-4-16(5-7-21)13(2)20-19-17-9-14-8-15(11-17)12-18(19)10-14/h13-20H,3-12H2,1-2H3. The summed E-state index contributed by atoms with van der Waals surface area (Å²) in [4.78, 5) is 2.62. The average Bonchev–Trinajstić information content (AvgIpc) is 2.50. The summed E-state index contributed by atoms with van der Waals surface area (Å²) in [5.41, 5.74) is 0. The Labute approximate surface area is 131 Å². The lowest BCUT2D eigenvalue weighted by Crippen LogP contribution is -2.57. The fraction of sp³-hybridized carbons (Fsp3) is 1.00. The van der Waals surface area contributed by atoms with E-state index >= 15 is 0 Å². The number of rotatable bonds is 4. The van der Waals surface area contributed by atoms with E-state index in [1.807, 2.05) is 0 Å². The third-order valence-corrected chi connectivity index (χ3v) is 7.47. The zero-order chi connectivity index (χ0) is 14.4. The van der Waals surface area contributed by atoms with E-state index in [2.05, 4.69) is 24.1 Å². The van der Waals surface area contributed by atoms with Crippen LogP contribution in [-0.4, -0.2) is 36.6 Å². The average molecular weight is 290 g/mol. The molecule has 2 nitrogen and oxygen atoms in total. The molecular formula is C19H34N2. The van der Waals surface area contributed by atoms with Crippen molar-refractivity contribution in [1.82, 2.24) is 10.2 Å². The molecule has 0 aromatic rings. The number of piperidine rings is 1. The highest BCUT2D eigenvalue weighted by molar-refractivity contribution is 5.02. The molecule has 4 saturated carbocycles. The molecule has 0 radical (unpaired) electrons. The summed E-state index contributed by atoms with van der Waals surface area (Å²) in [5.74, 6) is 5.19. The Bertz CT molecular complexity index is 331. The van der Waals surface area contributed by atoms with Crippen LogP contribution in [0.1, 0.15) is 58.8 Å². The Hall–Kier alpha value is -0.0800. The van der Waals surface area contributed by atoms with Gasteiger partial charge in [0.05, 0.1) is 0 Å². The lowest BCUT2D eigenvalue weighted by atomic mass is 9.54. The molecule has 5 aliphatic rings. The van der Waals surface area contributed by atoms with Gasteiger partial charge in [-0.2, -0.15) is 0 Å². The predicted octanol–water partition coefficient (Wildman–Crippen LogP) is 3.52. The Kier molecular flexibility index (Phi) is 4.04. The van der Waals surface area contributed by atoms with Gasteiger partial charge in [-0.15, -0.1) is 0 Å². The van der Waals surface area contributed by atoms with Crippen molar-refractivity contribution in [2.24, 2.45) is 29.6 Å². The maximum absolute atomic E-state index is 4.15. The van der Waals surface area contributed by atoms with E-state index in [-0.39, 0.29) is 0 Å². The van der Waals surface area contributed by atoms with Crippen molar-refractivity contribution in [1.29, 1.82) is 0 Å². The Morgan fingerprint density at radius 2 is 1.52 bits per heavy atom. The topological polar surface area (TPSA) is 15.3 Å². The normalized spacial score (nSPS) is 45.1. The van der Waals surface area contributed by atoms with Crippen molar-refractivity contribution in [2.75, 3.05) is 19.6 Å². The molecule has 4 bridgehead atoms. The first-order chi connectivity index (χ1) is 10.2. The first-order valence-corrected chi connectivity index (χ1v) is 9.71. The molecule has 1 atom stereocenters. The smallest absolute Gasteiger partial charge is 0.0127 e. The molecule has 2 heteroatoms. The second-order valence-corrected chi connectivity index (χ2v) is 8.68. The molecule has 4 aliphatic carbocycles. The quantitative estimate of drug-likeness (QED) is 0.852. The second-order valence-electron chi connectivity index (χ2n) is 8.68. The van der Waals surface area contributed by atoms with Crippen LogP contribution in [0.4, 0.5) is 0 Å². The molecule has 1 heterocycles. The fourth-order valence-electron chi connectivity index (χ4n) is 6.41. The monoisotopic (exact) mass is 290 g/mol. The van der Waals surface area contributed by atoms with Gasteiger partial charge in [0, 0.05) is 12.1 Å². The molecule has 5 rings (SSSR count).